The Labute approximate surface area is 79.1 Å². The summed E-state index contributed by atoms with van der Waals surface area (Å²) in [5.74, 6) is 0. The molecule has 0 rings (SSSR count). The minimum atomic E-state index is 0. The monoisotopic (exact) mass is 200 g/mol. The van der Waals surface area contributed by atoms with Crippen LogP contribution in [0.2, 0.25) is 0 Å². The molecule has 0 amide bonds. The van der Waals surface area contributed by atoms with Crippen LogP contribution in [0, 0.1) is 0 Å². The minimum absolute atomic E-state index is 0. The number of unbranched alkanes of at least 4 members (excludes halogenated alkanes) is 1. The maximum atomic E-state index is 5.26. The van der Waals surface area contributed by atoms with Crippen LogP contribution in [0.15, 0.2) is 0 Å². The molecule has 0 aliphatic rings. The van der Waals surface area contributed by atoms with E-state index in [9.17, 15) is 0 Å². The standard InChI is InChI=1S/C5H12N2S2.ClH/c1-2-3-4-7(9)5(6)8;/h9H,2-4H2,1H3,(H2,6,8);1H. The highest BCUT2D eigenvalue weighted by molar-refractivity contribution is 7.84. The summed E-state index contributed by atoms with van der Waals surface area (Å²) in [7, 11) is 0. The molecular formula is C5H13ClN2S2. The van der Waals surface area contributed by atoms with Crippen molar-refractivity contribution in [3.05, 3.63) is 0 Å². The molecule has 0 atom stereocenters. The fourth-order valence-corrected chi connectivity index (χ4v) is 0.651. The van der Waals surface area contributed by atoms with Crippen LogP contribution in [0.5, 0.6) is 0 Å². The Kier molecular flexibility index (Phi) is 9.64. The number of thiocarbonyl (C=S) groups is 1. The van der Waals surface area contributed by atoms with Crippen LogP contribution in [-0.2, 0) is 0 Å². The predicted octanol–water partition coefficient (Wildman–Crippen LogP) is 1.60. The molecule has 0 saturated carbocycles. The number of hydrogen-bond acceptors (Lipinski definition) is 2. The molecule has 0 aromatic rings. The van der Waals surface area contributed by atoms with E-state index in [1.165, 1.54) is 0 Å². The molecule has 62 valence electrons. The van der Waals surface area contributed by atoms with E-state index in [4.69, 9.17) is 5.73 Å². The minimum Gasteiger partial charge on any atom is -0.375 e. The number of rotatable bonds is 3. The van der Waals surface area contributed by atoms with E-state index < -0.39 is 0 Å². The van der Waals surface area contributed by atoms with Gasteiger partial charge in [-0.05, 0) is 18.6 Å². The molecule has 2 N–H and O–H groups in total. The van der Waals surface area contributed by atoms with E-state index in [1.54, 1.807) is 4.31 Å². The zero-order valence-electron chi connectivity index (χ0n) is 5.91. The lowest BCUT2D eigenvalue weighted by atomic mass is 10.3. The lowest BCUT2D eigenvalue weighted by Gasteiger charge is -2.13. The summed E-state index contributed by atoms with van der Waals surface area (Å²) >= 11 is 8.68. The van der Waals surface area contributed by atoms with Gasteiger partial charge < -0.3 is 5.73 Å². The summed E-state index contributed by atoms with van der Waals surface area (Å²) in [5, 5.41) is 0.354. The molecule has 0 aliphatic heterocycles. The molecule has 0 unspecified atom stereocenters. The lowest BCUT2D eigenvalue weighted by Crippen LogP contribution is -2.27. The Morgan fingerprint density at radius 1 is 1.70 bits per heavy atom. The van der Waals surface area contributed by atoms with Gasteiger partial charge in [0, 0.05) is 6.54 Å². The van der Waals surface area contributed by atoms with Gasteiger partial charge in [-0.25, -0.2) is 0 Å². The van der Waals surface area contributed by atoms with E-state index in [2.05, 4.69) is 32.0 Å². The Balaban J connectivity index is 0. The first-order valence-electron chi connectivity index (χ1n) is 2.94. The Morgan fingerprint density at radius 3 is 2.50 bits per heavy atom. The maximum absolute atomic E-state index is 5.26. The SMILES string of the molecule is CCCCN(S)C(N)=S.Cl. The zero-order chi connectivity index (χ0) is 7.28. The number of nitrogens with zero attached hydrogens (tertiary/aromatic N) is 1. The van der Waals surface area contributed by atoms with Crippen molar-refractivity contribution in [2.75, 3.05) is 6.54 Å². The summed E-state index contributed by atoms with van der Waals surface area (Å²) in [6.45, 7) is 2.95. The van der Waals surface area contributed by atoms with Crippen LogP contribution in [0.1, 0.15) is 19.8 Å². The van der Waals surface area contributed by atoms with Crippen molar-refractivity contribution >= 4 is 42.6 Å². The smallest absolute Gasteiger partial charge is 0.176 e. The molecule has 0 saturated heterocycles. The summed E-state index contributed by atoms with van der Waals surface area (Å²) < 4.78 is 1.58. The van der Waals surface area contributed by atoms with Crippen molar-refractivity contribution in [3.63, 3.8) is 0 Å². The highest BCUT2D eigenvalue weighted by atomic mass is 35.5. The molecule has 0 fully saturated rings. The fraction of sp³-hybridized carbons (Fsp3) is 0.800. The zero-order valence-corrected chi connectivity index (χ0v) is 8.44. The van der Waals surface area contributed by atoms with Crippen molar-refractivity contribution in [1.82, 2.24) is 4.31 Å². The van der Waals surface area contributed by atoms with E-state index in [-0.39, 0.29) is 12.4 Å². The first-order chi connectivity index (χ1) is 4.18. The molecule has 2 nitrogen and oxygen atoms in total. The Bertz CT molecular complexity index is 99.6. The van der Waals surface area contributed by atoms with Crippen LogP contribution in [-0.4, -0.2) is 16.0 Å². The number of hydrogen-bond donors (Lipinski definition) is 2. The number of halogens is 1. The Morgan fingerprint density at radius 2 is 2.20 bits per heavy atom. The lowest BCUT2D eigenvalue weighted by molar-refractivity contribution is 0.625. The number of thiol groups is 1. The highest BCUT2D eigenvalue weighted by Gasteiger charge is 1.96. The van der Waals surface area contributed by atoms with E-state index in [1.807, 2.05) is 0 Å². The van der Waals surface area contributed by atoms with Crippen molar-refractivity contribution in [1.29, 1.82) is 0 Å². The molecule has 0 bridgehead atoms. The van der Waals surface area contributed by atoms with Crippen LogP contribution in [0.25, 0.3) is 0 Å². The van der Waals surface area contributed by atoms with Gasteiger partial charge in [0.2, 0.25) is 0 Å². The molecule has 0 aromatic heterocycles. The summed E-state index contributed by atoms with van der Waals surface area (Å²) in [6.07, 6.45) is 2.22. The normalized spacial score (nSPS) is 8.20. The van der Waals surface area contributed by atoms with E-state index in [0.717, 1.165) is 19.4 Å². The molecule has 0 heterocycles. The van der Waals surface area contributed by atoms with Gasteiger partial charge >= 0.3 is 0 Å². The van der Waals surface area contributed by atoms with Crippen LogP contribution < -0.4 is 5.73 Å². The third-order valence-corrected chi connectivity index (χ3v) is 1.75. The van der Waals surface area contributed by atoms with Gasteiger partial charge in [-0.15, -0.1) is 12.4 Å². The van der Waals surface area contributed by atoms with Gasteiger partial charge in [-0.1, -0.05) is 26.2 Å². The molecular weight excluding hydrogens is 188 g/mol. The average Bonchev–Trinajstić information content (AvgIpc) is 1.82. The van der Waals surface area contributed by atoms with Gasteiger partial charge in [0.1, 0.15) is 0 Å². The van der Waals surface area contributed by atoms with E-state index >= 15 is 0 Å². The largest absolute Gasteiger partial charge is 0.375 e. The second kappa shape index (κ2) is 7.44. The average molecular weight is 201 g/mol. The summed E-state index contributed by atoms with van der Waals surface area (Å²) in [6, 6.07) is 0. The van der Waals surface area contributed by atoms with Crippen molar-refractivity contribution in [2.45, 2.75) is 19.8 Å². The van der Waals surface area contributed by atoms with Gasteiger partial charge in [-0.2, -0.15) is 0 Å². The fourth-order valence-electron chi connectivity index (χ4n) is 0.418. The van der Waals surface area contributed by atoms with Crippen LogP contribution in [0.3, 0.4) is 0 Å². The molecule has 0 spiro atoms. The molecule has 10 heavy (non-hydrogen) atoms. The Hall–Kier alpha value is 0.330. The molecule has 5 heteroatoms. The molecule has 0 aliphatic carbocycles. The third kappa shape index (κ3) is 6.45. The first kappa shape index (κ1) is 13.0. The van der Waals surface area contributed by atoms with Gasteiger partial charge in [0.15, 0.2) is 5.11 Å². The maximum Gasteiger partial charge on any atom is 0.176 e. The van der Waals surface area contributed by atoms with Crippen LogP contribution >= 0.6 is 37.4 Å². The highest BCUT2D eigenvalue weighted by Crippen LogP contribution is 1.96. The van der Waals surface area contributed by atoms with Crippen molar-refractivity contribution in [3.8, 4) is 0 Å². The van der Waals surface area contributed by atoms with Crippen LogP contribution in [0.4, 0.5) is 0 Å². The molecule has 0 aromatic carbocycles. The summed E-state index contributed by atoms with van der Waals surface area (Å²) in [4.78, 5) is 0. The third-order valence-electron chi connectivity index (χ3n) is 0.978. The van der Waals surface area contributed by atoms with Crippen molar-refractivity contribution in [2.24, 2.45) is 5.73 Å². The predicted molar refractivity (Wildman–Crippen MR) is 54.6 cm³/mol. The van der Waals surface area contributed by atoms with E-state index in [0.29, 0.717) is 5.11 Å². The first-order valence-corrected chi connectivity index (χ1v) is 3.75. The second-order valence-corrected chi connectivity index (χ2v) is 2.72. The second-order valence-electron chi connectivity index (χ2n) is 1.81. The number of nitrogens with two attached hydrogens (primary N) is 1. The topological polar surface area (TPSA) is 29.3 Å². The quantitative estimate of drug-likeness (QED) is 0.536. The van der Waals surface area contributed by atoms with Gasteiger partial charge in [-0.3, -0.25) is 4.31 Å². The van der Waals surface area contributed by atoms with Crippen molar-refractivity contribution < 1.29 is 0 Å². The summed E-state index contributed by atoms with van der Waals surface area (Å²) in [5.41, 5.74) is 5.26. The molecule has 0 radical (unpaired) electrons. The van der Waals surface area contributed by atoms with Gasteiger partial charge in [0.25, 0.3) is 0 Å². The van der Waals surface area contributed by atoms with Gasteiger partial charge in [0.05, 0.1) is 0 Å².